The van der Waals surface area contributed by atoms with E-state index in [0.29, 0.717) is 18.1 Å². The Morgan fingerprint density at radius 3 is 2.70 bits per heavy atom. The molecule has 20 heavy (non-hydrogen) atoms. The van der Waals surface area contributed by atoms with Crippen molar-refractivity contribution < 1.29 is 9.53 Å². The molecule has 0 saturated heterocycles. The Balaban J connectivity index is 1.87. The Labute approximate surface area is 118 Å². The first-order chi connectivity index (χ1) is 9.69. The lowest BCUT2D eigenvalue weighted by Crippen LogP contribution is -2.28. The van der Waals surface area contributed by atoms with Crippen LogP contribution in [0.15, 0.2) is 42.6 Å². The zero-order valence-corrected chi connectivity index (χ0v) is 11.5. The van der Waals surface area contributed by atoms with Gasteiger partial charge >= 0.3 is 6.03 Å². The van der Waals surface area contributed by atoms with Crippen molar-refractivity contribution in [3.8, 4) is 5.88 Å². The minimum Gasteiger partial charge on any atom is -0.481 e. The van der Waals surface area contributed by atoms with E-state index < -0.39 is 0 Å². The Morgan fingerprint density at radius 1 is 1.25 bits per heavy atom. The van der Waals surface area contributed by atoms with Gasteiger partial charge < -0.3 is 15.4 Å². The summed E-state index contributed by atoms with van der Waals surface area (Å²) in [6.45, 7) is 2.50. The minimum atomic E-state index is -0.264. The van der Waals surface area contributed by atoms with Gasteiger partial charge in [-0.05, 0) is 24.1 Å². The molecule has 2 N–H and O–H groups in total. The standard InChI is InChI=1S/C15H17N3O2/c1-11-5-3-4-6-12(11)9-17-15(19)18-13-7-8-14(20-2)16-10-13/h3-8,10H,9H2,1-2H3,(H2,17,18,19). The largest absolute Gasteiger partial charge is 0.481 e. The predicted molar refractivity (Wildman–Crippen MR) is 77.8 cm³/mol. The van der Waals surface area contributed by atoms with Crippen molar-refractivity contribution in [2.24, 2.45) is 0 Å². The van der Waals surface area contributed by atoms with E-state index >= 15 is 0 Å². The fraction of sp³-hybridized carbons (Fsp3) is 0.200. The number of rotatable bonds is 4. The summed E-state index contributed by atoms with van der Waals surface area (Å²) >= 11 is 0. The van der Waals surface area contributed by atoms with Crippen LogP contribution in [-0.4, -0.2) is 18.1 Å². The number of hydrogen-bond acceptors (Lipinski definition) is 3. The first kappa shape index (κ1) is 13.9. The molecule has 0 bridgehead atoms. The molecule has 1 aromatic heterocycles. The van der Waals surface area contributed by atoms with E-state index in [4.69, 9.17) is 4.74 Å². The number of hydrogen-bond donors (Lipinski definition) is 2. The number of carbonyl (C=O) groups excluding carboxylic acids is 1. The van der Waals surface area contributed by atoms with Gasteiger partial charge in [-0.15, -0.1) is 0 Å². The molecule has 0 aliphatic carbocycles. The highest BCUT2D eigenvalue weighted by Gasteiger charge is 2.03. The number of methoxy groups -OCH3 is 1. The van der Waals surface area contributed by atoms with Crippen LogP contribution in [0.4, 0.5) is 10.5 Å². The zero-order chi connectivity index (χ0) is 14.4. The fourth-order valence-corrected chi connectivity index (χ4v) is 1.73. The summed E-state index contributed by atoms with van der Waals surface area (Å²) < 4.78 is 4.95. The van der Waals surface area contributed by atoms with Crippen LogP contribution >= 0.6 is 0 Å². The average molecular weight is 271 g/mol. The van der Waals surface area contributed by atoms with Crippen molar-refractivity contribution in [1.82, 2.24) is 10.3 Å². The summed E-state index contributed by atoms with van der Waals surface area (Å²) in [6.07, 6.45) is 1.55. The van der Waals surface area contributed by atoms with Gasteiger partial charge in [-0.3, -0.25) is 0 Å². The molecule has 0 fully saturated rings. The van der Waals surface area contributed by atoms with Gasteiger partial charge in [0, 0.05) is 12.6 Å². The number of ether oxygens (including phenoxy) is 1. The molecular weight excluding hydrogens is 254 g/mol. The number of urea groups is 1. The molecule has 1 aromatic carbocycles. The summed E-state index contributed by atoms with van der Waals surface area (Å²) in [4.78, 5) is 15.8. The third-order valence-corrected chi connectivity index (χ3v) is 2.90. The van der Waals surface area contributed by atoms with E-state index in [2.05, 4.69) is 15.6 Å². The van der Waals surface area contributed by atoms with E-state index in [9.17, 15) is 4.79 Å². The van der Waals surface area contributed by atoms with Crippen molar-refractivity contribution in [2.75, 3.05) is 12.4 Å². The van der Waals surface area contributed by atoms with Gasteiger partial charge in [-0.2, -0.15) is 0 Å². The second-order valence-electron chi connectivity index (χ2n) is 4.32. The van der Waals surface area contributed by atoms with E-state index in [1.54, 1.807) is 25.4 Å². The summed E-state index contributed by atoms with van der Waals surface area (Å²) in [5.41, 5.74) is 2.86. The molecule has 104 valence electrons. The van der Waals surface area contributed by atoms with Crippen molar-refractivity contribution >= 4 is 11.7 Å². The van der Waals surface area contributed by atoms with Crippen LogP contribution in [0.5, 0.6) is 5.88 Å². The Bertz CT molecular complexity index is 582. The number of nitrogens with zero attached hydrogens (tertiary/aromatic N) is 1. The predicted octanol–water partition coefficient (Wildman–Crippen LogP) is 2.72. The number of amides is 2. The summed E-state index contributed by atoms with van der Waals surface area (Å²) in [5, 5.41) is 5.52. The zero-order valence-electron chi connectivity index (χ0n) is 11.5. The maximum Gasteiger partial charge on any atom is 0.319 e. The number of carbonyl (C=O) groups is 1. The fourth-order valence-electron chi connectivity index (χ4n) is 1.73. The topological polar surface area (TPSA) is 63.2 Å². The smallest absolute Gasteiger partial charge is 0.319 e. The van der Waals surface area contributed by atoms with Crippen LogP contribution in [0.2, 0.25) is 0 Å². The SMILES string of the molecule is COc1ccc(NC(=O)NCc2ccccc2C)cn1. The molecule has 0 spiro atoms. The lowest BCUT2D eigenvalue weighted by Gasteiger charge is -2.09. The molecule has 2 aromatic rings. The number of aromatic nitrogens is 1. The molecular formula is C15H17N3O2. The highest BCUT2D eigenvalue weighted by molar-refractivity contribution is 5.88. The van der Waals surface area contributed by atoms with Crippen LogP contribution in [0.3, 0.4) is 0 Å². The van der Waals surface area contributed by atoms with E-state index in [1.165, 1.54) is 0 Å². The molecule has 0 unspecified atom stereocenters. The van der Waals surface area contributed by atoms with Crippen molar-refractivity contribution in [2.45, 2.75) is 13.5 Å². The molecule has 2 amide bonds. The molecule has 5 heteroatoms. The van der Waals surface area contributed by atoms with Crippen LogP contribution in [0.25, 0.3) is 0 Å². The lowest BCUT2D eigenvalue weighted by atomic mass is 10.1. The Kier molecular flexibility index (Phi) is 4.55. The van der Waals surface area contributed by atoms with Crippen LogP contribution in [0.1, 0.15) is 11.1 Å². The molecule has 0 aliphatic heterocycles. The average Bonchev–Trinajstić information content (AvgIpc) is 2.47. The molecule has 0 aliphatic rings. The monoisotopic (exact) mass is 271 g/mol. The maximum absolute atomic E-state index is 11.8. The number of aryl methyl sites for hydroxylation is 1. The van der Waals surface area contributed by atoms with Gasteiger partial charge in [-0.25, -0.2) is 9.78 Å². The van der Waals surface area contributed by atoms with Crippen LogP contribution in [0, 0.1) is 6.92 Å². The van der Waals surface area contributed by atoms with Gasteiger partial charge in [0.1, 0.15) is 0 Å². The van der Waals surface area contributed by atoms with Gasteiger partial charge in [0.05, 0.1) is 19.0 Å². The summed E-state index contributed by atoms with van der Waals surface area (Å²) in [5.74, 6) is 0.510. The van der Waals surface area contributed by atoms with E-state index in [0.717, 1.165) is 11.1 Å². The highest BCUT2D eigenvalue weighted by atomic mass is 16.5. The molecule has 0 saturated carbocycles. The minimum absolute atomic E-state index is 0.264. The quantitative estimate of drug-likeness (QED) is 0.898. The number of pyridine rings is 1. The van der Waals surface area contributed by atoms with Gasteiger partial charge in [0.25, 0.3) is 0 Å². The normalized spacial score (nSPS) is 9.90. The number of nitrogens with one attached hydrogen (secondary N) is 2. The van der Waals surface area contributed by atoms with E-state index in [-0.39, 0.29) is 6.03 Å². The van der Waals surface area contributed by atoms with Crippen molar-refractivity contribution in [1.29, 1.82) is 0 Å². The lowest BCUT2D eigenvalue weighted by molar-refractivity contribution is 0.251. The molecule has 2 rings (SSSR count). The molecule has 0 atom stereocenters. The van der Waals surface area contributed by atoms with Crippen LogP contribution < -0.4 is 15.4 Å². The second-order valence-corrected chi connectivity index (χ2v) is 4.32. The highest BCUT2D eigenvalue weighted by Crippen LogP contribution is 2.11. The molecule has 0 radical (unpaired) electrons. The van der Waals surface area contributed by atoms with Crippen molar-refractivity contribution in [3.63, 3.8) is 0 Å². The third kappa shape index (κ3) is 3.71. The first-order valence-corrected chi connectivity index (χ1v) is 6.28. The Morgan fingerprint density at radius 2 is 2.05 bits per heavy atom. The Hall–Kier alpha value is -2.56. The molecule has 5 nitrogen and oxygen atoms in total. The van der Waals surface area contributed by atoms with Crippen LogP contribution in [-0.2, 0) is 6.54 Å². The molecule has 1 heterocycles. The number of anilines is 1. The van der Waals surface area contributed by atoms with E-state index in [1.807, 2.05) is 31.2 Å². The van der Waals surface area contributed by atoms with Gasteiger partial charge in [0.2, 0.25) is 5.88 Å². The van der Waals surface area contributed by atoms with Crippen molar-refractivity contribution in [3.05, 3.63) is 53.7 Å². The third-order valence-electron chi connectivity index (χ3n) is 2.90. The first-order valence-electron chi connectivity index (χ1n) is 6.28. The maximum atomic E-state index is 11.8. The summed E-state index contributed by atoms with van der Waals surface area (Å²) in [7, 11) is 1.55. The van der Waals surface area contributed by atoms with Gasteiger partial charge in [-0.1, -0.05) is 24.3 Å². The second kappa shape index (κ2) is 6.56. The number of benzene rings is 1. The summed E-state index contributed by atoms with van der Waals surface area (Å²) in [6, 6.07) is 11.1. The van der Waals surface area contributed by atoms with Gasteiger partial charge in [0.15, 0.2) is 0 Å².